The molecule has 0 saturated carbocycles. The molecular weight excluding hydrogens is 138 g/mol. The van der Waals surface area contributed by atoms with Crippen molar-refractivity contribution >= 4 is 11.0 Å². The van der Waals surface area contributed by atoms with Gasteiger partial charge in [0.2, 0.25) is 0 Å². The van der Waals surface area contributed by atoms with Gasteiger partial charge >= 0.3 is 0 Å². The van der Waals surface area contributed by atoms with E-state index < -0.39 is 0 Å². The Balaban J connectivity index is 2.76. The van der Waals surface area contributed by atoms with Crippen LogP contribution in [-0.4, -0.2) is 9.55 Å². The van der Waals surface area contributed by atoms with E-state index in [4.69, 9.17) is 5.73 Å². The van der Waals surface area contributed by atoms with Gasteiger partial charge in [-0.3, -0.25) is 0 Å². The van der Waals surface area contributed by atoms with Gasteiger partial charge < -0.3 is 10.3 Å². The number of rotatable bonds is 1. The van der Waals surface area contributed by atoms with Crippen molar-refractivity contribution in [3.63, 3.8) is 0 Å². The van der Waals surface area contributed by atoms with E-state index in [1.807, 2.05) is 29.0 Å². The van der Waals surface area contributed by atoms with Crippen LogP contribution in [0.15, 0.2) is 30.6 Å². The van der Waals surface area contributed by atoms with Crippen molar-refractivity contribution < 1.29 is 0 Å². The van der Waals surface area contributed by atoms with E-state index in [9.17, 15) is 0 Å². The van der Waals surface area contributed by atoms with E-state index in [1.165, 1.54) is 0 Å². The Morgan fingerprint density at radius 2 is 2.36 bits per heavy atom. The molecule has 3 nitrogen and oxygen atoms in total. The molecule has 2 aromatic heterocycles. The molecule has 0 aliphatic rings. The molecule has 2 rings (SSSR count). The molecule has 0 saturated heterocycles. The summed E-state index contributed by atoms with van der Waals surface area (Å²) < 4.78 is 1.91. The summed E-state index contributed by atoms with van der Waals surface area (Å²) in [6, 6.07) is 5.95. The Hall–Kier alpha value is -1.35. The normalized spacial score (nSPS) is 10.6. The van der Waals surface area contributed by atoms with Gasteiger partial charge in [-0.15, -0.1) is 0 Å². The van der Waals surface area contributed by atoms with Crippen LogP contribution in [0.4, 0.5) is 0 Å². The van der Waals surface area contributed by atoms with Gasteiger partial charge in [0.25, 0.3) is 0 Å². The smallest absolute Gasteiger partial charge is 0.140 e. The van der Waals surface area contributed by atoms with Crippen molar-refractivity contribution in [2.24, 2.45) is 5.73 Å². The highest BCUT2D eigenvalue weighted by molar-refractivity contribution is 5.75. The summed E-state index contributed by atoms with van der Waals surface area (Å²) in [6.45, 7) is 0.487. The first-order valence-electron chi connectivity index (χ1n) is 3.52. The zero-order valence-corrected chi connectivity index (χ0v) is 6.07. The van der Waals surface area contributed by atoms with Crippen molar-refractivity contribution in [3.05, 3.63) is 30.6 Å². The Morgan fingerprint density at radius 3 is 3.18 bits per heavy atom. The Morgan fingerprint density at radius 1 is 1.45 bits per heavy atom. The Kier molecular flexibility index (Phi) is 1.36. The molecule has 0 spiro atoms. The lowest BCUT2D eigenvalue weighted by atomic mass is 10.3. The van der Waals surface area contributed by atoms with Crippen molar-refractivity contribution in [1.82, 2.24) is 9.55 Å². The highest BCUT2D eigenvalue weighted by Crippen LogP contribution is 2.10. The Bertz CT molecular complexity index is 364. The first kappa shape index (κ1) is 6.37. The van der Waals surface area contributed by atoms with E-state index >= 15 is 0 Å². The zero-order chi connectivity index (χ0) is 7.68. The minimum atomic E-state index is 0.487. The van der Waals surface area contributed by atoms with Gasteiger partial charge in [-0.25, -0.2) is 4.98 Å². The molecule has 2 heterocycles. The van der Waals surface area contributed by atoms with Crippen molar-refractivity contribution in [1.29, 1.82) is 0 Å². The van der Waals surface area contributed by atoms with Crippen LogP contribution in [-0.2, 0) is 6.67 Å². The fraction of sp³-hybridized carbons (Fsp3) is 0.125. The highest BCUT2D eigenvalue weighted by atomic mass is 15.1. The third-order valence-corrected chi connectivity index (χ3v) is 1.72. The molecule has 0 amide bonds. The Labute approximate surface area is 64.5 Å². The summed E-state index contributed by atoms with van der Waals surface area (Å²) in [5.74, 6) is 0. The predicted molar refractivity (Wildman–Crippen MR) is 43.9 cm³/mol. The zero-order valence-electron chi connectivity index (χ0n) is 6.07. The van der Waals surface area contributed by atoms with Gasteiger partial charge in [0, 0.05) is 17.8 Å². The van der Waals surface area contributed by atoms with E-state index in [0.717, 1.165) is 11.0 Å². The number of aromatic nitrogens is 2. The molecule has 0 aliphatic heterocycles. The second-order valence-corrected chi connectivity index (χ2v) is 2.38. The lowest BCUT2D eigenvalue weighted by Gasteiger charge is -1.96. The molecule has 0 atom stereocenters. The molecule has 0 fully saturated rings. The van der Waals surface area contributed by atoms with Gasteiger partial charge in [-0.2, -0.15) is 0 Å². The molecule has 0 bridgehead atoms. The van der Waals surface area contributed by atoms with Crippen LogP contribution in [0.25, 0.3) is 11.0 Å². The van der Waals surface area contributed by atoms with E-state index in [-0.39, 0.29) is 0 Å². The molecule has 0 radical (unpaired) electrons. The molecular formula is C8H9N3. The SMILES string of the molecule is NCn1ccc2cccnc21. The fourth-order valence-corrected chi connectivity index (χ4v) is 1.17. The van der Waals surface area contributed by atoms with Crippen molar-refractivity contribution in [2.75, 3.05) is 0 Å². The molecule has 0 aliphatic carbocycles. The van der Waals surface area contributed by atoms with Crippen LogP contribution < -0.4 is 5.73 Å². The maximum Gasteiger partial charge on any atom is 0.140 e. The van der Waals surface area contributed by atoms with Gasteiger partial charge in [0.1, 0.15) is 5.65 Å². The van der Waals surface area contributed by atoms with Gasteiger partial charge in [-0.05, 0) is 18.2 Å². The summed E-state index contributed by atoms with van der Waals surface area (Å²) in [4.78, 5) is 4.19. The summed E-state index contributed by atoms with van der Waals surface area (Å²) >= 11 is 0. The van der Waals surface area contributed by atoms with Crippen LogP contribution in [0.5, 0.6) is 0 Å². The minimum Gasteiger partial charge on any atom is -0.319 e. The summed E-state index contributed by atoms with van der Waals surface area (Å²) in [7, 11) is 0. The number of nitrogens with zero attached hydrogens (tertiary/aromatic N) is 2. The number of hydrogen-bond donors (Lipinski definition) is 1. The van der Waals surface area contributed by atoms with Crippen molar-refractivity contribution in [2.45, 2.75) is 6.67 Å². The van der Waals surface area contributed by atoms with Crippen LogP contribution >= 0.6 is 0 Å². The fourth-order valence-electron chi connectivity index (χ4n) is 1.17. The molecule has 11 heavy (non-hydrogen) atoms. The molecule has 2 aromatic rings. The molecule has 0 aromatic carbocycles. The molecule has 3 heteroatoms. The van der Waals surface area contributed by atoms with Gasteiger partial charge in [-0.1, -0.05) is 0 Å². The van der Waals surface area contributed by atoms with Gasteiger partial charge in [0.15, 0.2) is 0 Å². The highest BCUT2D eigenvalue weighted by Gasteiger charge is 1.96. The van der Waals surface area contributed by atoms with Crippen LogP contribution in [0.2, 0.25) is 0 Å². The number of pyridine rings is 1. The topological polar surface area (TPSA) is 43.8 Å². The molecule has 0 unspecified atom stereocenters. The number of nitrogens with two attached hydrogens (primary N) is 1. The monoisotopic (exact) mass is 147 g/mol. The van der Waals surface area contributed by atoms with E-state index in [2.05, 4.69) is 4.98 Å². The number of fused-ring (bicyclic) bond motifs is 1. The first-order chi connectivity index (χ1) is 5.42. The van der Waals surface area contributed by atoms with Crippen molar-refractivity contribution in [3.8, 4) is 0 Å². The second kappa shape index (κ2) is 2.36. The molecule has 56 valence electrons. The lowest BCUT2D eigenvalue weighted by Crippen LogP contribution is -2.05. The van der Waals surface area contributed by atoms with Gasteiger partial charge in [0.05, 0.1) is 6.67 Å². The average Bonchev–Trinajstić information content (AvgIpc) is 2.47. The summed E-state index contributed by atoms with van der Waals surface area (Å²) in [6.07, 6.45) is 3.71. The van der Waals surface area contributed by atoms with E-state index in [0.29, 0.717) is 6.67 Å². The van der Waals surface area contributed by atoms with E-state index in [1.54, 1.807) is 6.20 Å². The standard InChI is InChI=1S/C8H9N3/c9-6-11-5-3-7-2-1-4-10-8(7)11/h1-5H,6,9H2. The second-order valence-electron chi connectivity index (χ2n) is 2.38. The predicted octanol–water partition coefficient (Wildman–Crippen LogP) is 0.952. The van der Waals surface area contributed by atoms with Crippen LogP contribution in [0.1, 0.15) is 0 Å². The maximum atomic E-state index is 5.48. The number of hydrogen-bond acceptors (Lipinski definition) is 2. The minimum absolute atomic E-state index is 0.487. The maximum absolute atomic E-state index is 5.48. The summed E-state index contributed by atoms with van der Waals surface area (Å²) in [5.41, 5.74) is 6.44. The quantitative estimate of drug-likeness (QED) is 0.652. The lowest BCUT2D eigenvalue weighted by molar-refractivity contribution is 0.755. The van der Waals surface area contributed by atoms with Crippen LogP contribution in [0, 0.1) is 0 Å². The average molecular weight is 147 g/mol. The third-order valence-electron chi connectivity index (χ3n) is 1.72. The summed E-state index contributed by atoms with van der Waals surface area (Å²) in [5, 5.41) is 1.14. The third kappa shape index (κ3) is 0.897. The van der Waals surface area contributed by atoms with Crippen LogP contribution in [0.3, 0.4) is 0 Å². The largest absolute Gasteiger partial charge is 0.319 e. The molecule has 2 N–H and O–H groups in total. The first-order valence-corrected chi connectivity index (χ1v) is 3.52.